The highest BCUT2D eigenvalue weighted by atomic mass is 35.5. The van der Waals surface area contributed by atoms with Gasteiger partial charge in [0.2, 0.25) is 0 Å². The van der Waals surface area contributed by atoms with Gasteiger partial charge in [0.25, 0.3) is 0 Å². The molecule has 0 fully saturated rings. The monoisotopic (exact) mass is 359 g/mol. The zero-order valence-electron chi connectivity index (χ0n) is 14.3. The van der Waals surface area contributed by atoms with Gasteiger partial charge in [-0.15, -0.1) is 12.4 Å². The summed E-state index contributed by atoms with van der Waals surface area (Å²) in [4.78, 5) is 0. The molecule has 0 aliphatic carbocycles. The van der Waals surface area contributed by atoms with E-state index in [1.54, 1.807) is 4.68 Å². The fourth-order valence-electron chi connectivity index (χ4n) is 2.30. The van der Waals surface area contributed by atoms with Crippen LogP contribution in [0.4, 0.5) is 0 Å². The lowest BCUT2D eigenvalue weighted by atomic mass is 10.2. The second-order valence-electron chi connectivity index (χ2n) is 5.98. The van der Waals surface area contributed by atoms with Crippen molar-refractivity contribution in [2.45, 2.75) is 20.4 Å². The molecule has 0 bridgehead atoms. The van der Waals surface area contributed by atoms with Gasteiger partial charge in [0, 0.05) is 6.54 Å². The summed E-state index contributed by atoms with van der Waals surface area (Å²) in [5.41, 5.74) is 2.01. The Morgan fingerprint density at radius 1 is 1.08 bits per heavy atom. The number of rotatable bonds is 7. The van der Waals surface area contributed by atoms with Crippen LogP contribution in [0.15, 0.2) is 54.6 Å². The number of nitrogens with one attached hydrogen (secondary N) is 1. The van der Waals surface area contributed by atoms with E-state index in [0.29, 0.717) is 17.7 Å². The summed E-state index contributed by atoms with van der Waals surface area (Å²) in [5, 5.41) is 15.1. The molecule has 2 aromatic carbocycles. The van der Waals surface area contributed by atoms with E-state index in [9.17, 15) is 0 Å². The largest absolute Gasteiger partial charge is 0.423 e. The summed E-state index contributed by atoms with van der Waals surface area (Å²) >= 11 is 0. The van der Waals surface area contributed by atoms with Gasteiger partial charge in [0.05, 0.1) is 5.69 Å². The molecule has 0 radical (unpaired) electrons. The van der Waals surface area contributed by atoms with Crippen molar-refractivity contribution in [3.8, 4) is 17.4 Å². The van der Waals surface area contributed by atoms with Crippen LogP contribution in [-0.2, 0) is 6.54 Å². The Morgan fingerprint density at radius 3 is 2.64 bits per heavy atom. The predicted molar refractivity (Wildman–Crippen MR) is 99.5 cm³/mol. The zero-order valence-corrected chi connectivity index (χ0v) is 15.1. The standard InChI is InChI=1S/C18H21N5O.ClH/c1-14(2)12-19-13-15-7-6-10-17(11-15)24-18-20-21-22-23(18)16-8-4-3-5-9-16;/h3-11,14,19H,12-13H2,1-2H3;1H. The first-order chi connectivity index (χ1) is 11.7. The summed E-state index contributed by atoms with van der Waals surface area (Å²) < 4.78 is 7.44. The van der Waals surface area contributed by atoms with Crippen LogP contribution >= 0.6 is 12.4 Å². The third kappa shape index (κ3) is 5.27. The number of benzene rings is 2. The van der Waals surface area contributed by atoms with Crippen molar-refractivity contribution in [1.82, 2.24) is 25.5 Å². The van der Waals surface area contributed by atoms with Crippen LogP contribution in [0, 0.1) is 5.92 Å². The number of tetrazole rings is 1. The van der Waals surface area contributed by atoms with Gasteiger partial charge in [0.15, 0.2) is 0 Å². The molecule has 132 valence electrons. The number of hydrogen-bond acceptors (Lipinski definition) is 5. The van der Waals surface area contributed by atoms with Crippen LogP contribution in [0.3, 0.4) is 0 Å². The van der Waals surface area contributed by atoms with Crippen molar-refractivity contribution in [2.75, 3.05) is 6.54 Å². The summed E-state index contributed by atoms with van der Waals surface area (Å²) in [6, 6.07) is 17.9. The lowest BCUT2D eigenvalue weighted by molar-refractivity contribution is 0.426. The Kier molecular flexibility index (Phi) is 6.91. The molecule has 0 saturated carbocycles. The Hall–Kier alpha value is -2.44. The first-order valence-corrected chi connectivity index (χ1v) is 8.03. The van der Waals surface area contributed by atoms with Gasteiger partial charge in [-0.1, -0.05) is 49.3 Å². The van der Waals surface area contributed by atoms with Crippen molar-refractivity contribution in [2.24, 2.45) is 5.92 Å². The van der Waals surface area contributed by atoms with Crippen molar-refractivity contribution < 1.29 is 4.74 Å². The zero-order chi connectivity index (χ0) is 16.8. The van der Waals surface area contributed by atoms with E-state index < -0.39 is 0 Å². The maximum Gasteiger partial charge on any atom is 0.345 e. The van der Waals surface area contributed by atoms with Gasteiger partial charge in [-0.25, -0.2) is 0 Å². The summed E-state index contributed by atoms with van der Waals surface area (Å²) in [6.07, 6.45) is 0. The van der Waals surface area contributed by atoms with Gasteiger partial charge in [0.1, 0.15) is 5.75 Å². The second kappa shape index (κ2) is 9.15. The maximum absolute atomic E-state index is 5.87. The molecule has 0 unspecified atom stereocenters. The second-order valence-corrected chi connectivity index (χ2v) is 5.98. The van der Waals surface area contributed by atoms with E-state index >= 15 is 0 Å². The molecule has 1 N–H and O–H groups in total. The molecule has 7 heteroatoms. The molecule has 0 amide bonds. The molecular formula is C18H22ClN5O. The summed E-state index contributed by atoms with van der Waals surface area (Å²) in [6.45, 7) is 6.17. The highest BCUT2D eigenvalue weighted by molar-refractivity contribution is 5.85. The average molecular weight is 360 g/mol. The van der Waals surface area contributed by atoms with E-state index in [2.05, 4.69) is 40.8 Å². The predicted octanol–water partition coefficient (Wildman–Crippen LogP) is 3.62. The van der Waals surface area contributed by atoms with Gasteiger partial charge in [-0.05, 0) is 52.7 Å². The number of nitrogens with zero attached hydrogens (tertiary/aromatic N) is 4. The Labute approximate surface area is 153 Å². The SMILES string of the molecule is CC(C)CNCc1cccc(Oc2nnnn2-c2ccccc2)c1.Cl. The molecule has 0 saturated heterocycles. The fraction of sp³-hybridized carbons (Fsp3) is 0.278. The molecule has 3 aromatic rings. The lowest BCUT2D eigenvalue weighted by Gasteiger charge is -2.09. The van der Waals surface area contributed by atoms with E-state index in [1.165, 1.54) is 0 Å². The van der Waals surface area contributed by atoms with Gasteiger partial charge in [-0.3, -0.25) is 0 Å². The molecular weight excluding hydrogens is 338 g/mol. The Bertz CT molecular complexity index is 776. The molecule has 0 spiro atoms. The molecule has 0 atom stereocenters. The third-order valence-corrected chi connectivity index (χ3v) is 3.43. The number of halogens is 1. The van der Waals surface area contributed by atoms with Gasteiger partial charge in [-0.2, -0.15) is 4.68 Å². The maximum atomic E-state index is 5.87. The third-order valence-electron chi connectivity index (χ3n) is 3.43. The van der Waals surface area contributed by atoms with Gasteiger partial charge >= 0.3 is 6.01 Å². The van der Waals surface area contributed by atoms with E-state index in [-0.39, 0.29) is 12.4 Å². The van der Waals surface area contributed by atoms with Crippen LogP contribution in [0.1, 0.15) is 19.4 Å². The van der Waals surface area contributed by atoms with Crippen LogP contribution in [0.2, 0.25) is 0 Å². The molecule has 1 heterocycles. The van der Waals surface area contributed by atoms with Crippen LogP contribution in [0.5, 0.6) is 11.8 Å². The van der Waals surface area contributed by atoms with Gasteiger partial charge < -0.3 is 10.1 Å². The lowest BCUT2D eigenvalue weighted by Crippen LogP contribution is -2.18. The quantitative estimate of drug-likeness (QED) is 0.698. The highest BCUT2D eigenvalue weighted by Gasteiger charge is 2.10. The minimum atomic E-state index is 0. The topological polar surface area (TPSA) is 64.9 Å². The summed E-state index contributed by atoms with van der Waals surface area (Å²) in [5.74, 6) is 1.34. The van der Waals surface area contributed by atoms with Crippen molar-refractivity contribution in [1.29, 1.82) is 0 Å². The highest BCUT2D eigenvalue weighted by Crippen LogP contribution is 2.22. The number of aromatic nitrogens is 4. The Morgan fingerprint density at radius 2 is 1.88 bits per heavy atom. The van der Waals surface area contributed by atoms with E-state index in [4.69, 9.17) is 4.74 Å². The first-order valence-electron chi connectivity index (χ1n) is 8.03. The van der Waals surface area contributed by atoms with E-state index in [0.717, 1.165) is 24.3 Å². The van der Waals surface area contributed by atoms with Crippen molar-refractivity contribution >= 4 is 12.4 Å². The molecule has 25 heavy (non-hydrogen) atoms. The normalized spacial score (nSPS) is 10.5. The number of hydrogen-bond donors (Lipinski definition) is 1. The molecule has 3 rings (SSSR count). The molecule has 1 aromatic heterocycles. The van der Waals surface area contributed by atoms with Crippen molar-refractivity contribution in [3.63, 3.8) is 0 Å². The van der Waals surface area contributed by atoms with E-state index in [1.807, 2.05) is 48.5 Å². The first kappa shape index (κ1) is 18.9. The minimum Gasteiger partial charge on any atom is -0.423 e. The molecule has 0 aliphatic rings. The van der Waals surface area contributed by atoms with Crippen LogP contribution < -0.4 is 10.1 Å². The number of para-hydroxylation sites is 1. The molecule has 0 aliphatic heterocycles. The summed E-state index contributed by atoms with van der Waals surface area (Å²) in [7, 11) is 0. The Balaban J connectivity index is 0.00000225. The molecule has 6 nitrogen and oxygen atoms in total. The number of ether oxygens (including phenoxy) is 1. The minimum absolute atomic E-state index is 0. The van der Waals surface area contributed by atoms with Crippen molar-refractivity contribution in [3.05, 3.63) is 60.2 Å². The average Bonchev–Trinajstić information content (AvgIpc) is 3.04. The fourth-order valence-corrected chi connectivity index (χ4v) is 2.30. The van der Waals surface area contributed by atoms with Crippen LogP contribution in [-0.4, -0.2) is 26.8 Å². The smallest absolute Gasteiger partial charge is 0.345 e. The van der Waals surface area contributed by atoms with Crippen LogP contribution in [0.25, 0.3) is 5.69 Å².